The molecule has 1 aliphatic heterocycles. The van der Waals surface area contributed by atoms with Gasteiger partial charge in [0.2, 0.25) is 0 Å². The van der Waals surface area contributed by atoms with Crippen molar-refractivity contribution in [2.75, 3.05) is 26.2 Å². The van der Waals surface area contributed by atoms with Crippen LogP contribution < -0.4 is 10.6 Å². The first-order valence-electron chi connectivity index (χ1n) is 15.7. The number of hydrogen-bond acceptors (Lipinski definition) is 7. The zero-order valence-corrected chi connectivity index (χ0v) is 27.8. The van der Waals surface area contributed by atoms with E-state index in [1.807, 2.05) is 49.4 Å². The van der Waals surface area contributed by atoms with Crippen molar-refractivity contribution >= 4 is 43.8 Å². The van der Waals surface area contributed by atoms with E-state index >= 15 is 0 Å². The fourth-order valence-corrected chi connectivity index (χ4v) is 7.77. The van der Waals surface area contributed by atoms with Gasteiger partial charge >= 0.3 is 0 Å². The molecule has 0 radical (unpaired) electrons. The molecule has 10 heteroatoms. The van der Waals surface area contributed by atoms with Gasteiger partial charge in [-0.05, 0) is 82.8 Å². The fraction of sp³-hybridized carbons (Fsp3) is 0.429. The number of halogens is 1. The van der Waals surface area contributed by atoms with Crippen molar-refractivity contribution < 1.29 is 18.3 Å². The van der Waals surface area contributed by atoms with Gasteiger partial charge in [-0.15, -0.1) is 0 Å². The molecule has 0 atom stereocenters. The lowest BCUT2D eigenvalue weighted by molar-refractivity contribution is 0.0929. The molecule has 5 rings (SSSR count). The number of amides is 1. The summed E-state index contributed by atoms with van der Waals surface area (Å²) in [7, 11) is -3.75. The number of carbonyl (C=O) groups is 1. The molecule has 2 fully saturated rings. The van der Waals surface area contributed by atoms with Gasteiger partial charge in [0.1, 0.15) is 0 Å². The van der Waals surface area contributed by atoms with Gasteiger partial charge in [0.05, 0.1) is 44.1 Å². The van der Waals surface area contributed by atoms with Crippen molar-refractivity contribution in [2.45, 2.75) is 74.7 Å². The summed E-state index contributed by atoms with van der Waals surface area (Å²) in [6, 6.07) is 13.4. The molecule has 8 nitrogen and oxygen atoms in total. The molecule has 240 valence electrons. The van der Waals surface area contributed by atoms with Crippen LogP contribution >= 0.6 is 11.6 Å². The van der Waals surface area contributed by atoms with Crippen LogP contribution in [0.4, 0.5) is 0 Å². The first-order valence-corrected chi connectivity index (χ1v) is 17.6. The number of aliphatic hydroxyl groups excluding tert-OH is 1. The van der Waals surface area contributed by atoms with Gasteiger partial charge in [-0.3, -0.25) is 9.69 Å². The Morgan fingerprint density at radius 3 is 2.49 bits per heavy atom. The summed E-state index contributed by atoms with van der Waals surface area (Å²) >= 11 is 6.61. The first-order chi connectivity index (χ1) is 21.5. The van der Waals surface area contributed by atoms with Crippen LogP contribution in [0.2, 0.25) is 5.02 Å². The number of aromatic nitrogens is 1. The van der Waals surface area contributed by atoms with Crippen LogP contribution in [0.25, 0.3) is 16.5 Å². The predicted molar refractivity (Wildman–Crippen MR) is 181 cm³/mol. The minimum absolute atomic E-state index is 0.00605. The standard InChI is InChI=1S/C35H43ClN4O4S/c1-5-9-24(4)33-28(22-40-17-12-26(13-18-40)37-16-19-41)32(34(42)39-35(14-15-35)25-10-7-6-8-11-25)27-20-31(45(43,44)23(2)3)29(36)21-30(27)38-33/h5-11,20-21,23,26,37,41H,4,12-19,22H2,1-3H3,(H,39,42). The van der Waals surface area contributed by atoms with Crippen LogP contribution in [0.1, 0.15) is 73.6 Å². The average molecular weight is 651 g/mol. The summed E-state index contributed by atoms with van der Waals surface area (Å²) in [4.78, 5) is 21.9. The second kappa shape index (κ2) is 13.7. The maximum Gasteiger partial charge on any atom is 0.253 e. The number of nitrogens with zero attached hydrogens (tertiary/aromatic N) is 2. The van der Waals surface area contributed by atoms with Crippen LogP contribution in [0, 0.1) is 0 Å². The number of piperidine rings is 1. The molecule has 2 aliphatic rings. The van der Waals surface area contributed by atoms with Crippen LogP contribution in [0.5, 0.6) is 0 Å². The number of aliphatic hydroxyl groups is 1. The smallest absolute Gasteiger partial charge is 0.253 e. The van der Waals surface area contributed by atoms with Crippen molar-refractivity contribution in [3.63, 3.8) is 0 Å². The number of carbonyl (C=O) groups excluding carboxylic acids is 1. The Morgan fingerprint density at radius 1 is 1.20 bits per heavy atom. The molecule has 1 aromatic heterocycles. The van der Waals surface area contributed by atoms with Crippen LogP contribution in [0.3, 0.4) is 0 Å². The van der Waals surface area contributed by atoms with Gasteiger partial charge in [0, 0.05) is 30.1 Å². The molecule has 2 aromatic carbocycles. The number of fused-ring (bicyclic) bond motifs is 1. The molecule has 3 N–H and O–H groups in total. The van der Waals surface area contributed by atoms with Crippen molar-refractivity contribution in [2.24, 2.45) is 0 Å². The summed E-state index contributed by atoms with van der Waals surface area (Å²) in [5.74, 6) is -0.275. The highest BCUT2D eigenvalue weighted by Crippen LogP contribution is 2.46. The van der Waals surface area contributed by atoms with Gasteiger partial charge in [-0.2, -0.15) is 0 Å². The Bertz CT molecular complexity index is 1710. The summed E-state index contributed by atoms with van der Waals surface area (Å²) in [5, 5.41) is 15.8. The third kappa shape index (κ3) is 7.03. The van der Waals surface area contributed by atoms with Crippen molar-refractivity contribution in [3.8, 4) is 0 Å². The molecule has 3 aromatic rings. The van der Waals surface area contributed by atoms with Gasteiger partial charge in [-0.25, -0.2) is 13.4 Å². The van der Waals surface area contributed by atoms with Crippen molar-refractivity contribution in [3.05, 3.63) is 88.6 Å². The second-order valence-corrected chi connectivity index (χ2v) is 15.2. The molecule has 1 amide bonds. The Labute approximate surface area is 271 Å². The van der Waals surface area contributed by atoms with Gasteiger partial charge in [-0.1, -0.05) is 60.7 Å². The van der Waals surface area contributed by atoms with E-state index in [1.54, 1.807) is 19.9 Å². The molecule has 0 spiro atoms. The van der Waals surface area contributed by atoms with Gasteiger partial charge in [0.15, 0.2) is 9.84 Å². The van der Waals surface area contributed by atoms with E-state index < -0.39 is 20.6 Å². The van der Waals surface area contributed by atoms with Crippen LogP contribution in [0.15, 0.2) is 66.1 Å². The lowest BCUT2D eigenvalue weighted by Crippen LogP contribution is -2.43. The Hall–Kier alpha value is -3.08. The summed E-state index contributed by atoms with van der Waals surface area (Å²) < 4.78 is 26.8. The molecule has 1 saturated carbocycles. The monoisotopic (exact) mass is 650 g/mol. The highest BCUT2D eigenvalue weighted by atomic mass is 35.5. The van der Waals surface area contributed by atoms with E-state index in [4.69, 9.17) is 16.6 Å². The first kappa shape index (κ1) is 33.3. The van der Waals surface area contributed by atoms with Gasteiger partial charge in [0.25, 0.3) is 5.91 Å². The van der Waals surface area contributed by atoms with E-state index in [2.05, 4.69) is 22.1 Å². The fourth-order valence-electron chi connectivity index (χ4n) is 6.17. The van der Waals surface area contributed by atoms with E-state index in [-0.39, 0.29) is 22.4 Å². The van der Waals surface area contributed by atoms with Crippen LogP contribution in [-0.4, -0.2) is 66.8 Å². The SMILES string of the molecule is C=C(C=CC)c1nc2cc(Cl)c(S(=O)(=O)C(C)C)cc2c(C(=O)NC2(c3ccccc3)CC2)c1CN1CCC(NCCO)CC1. The Morgan fingerprint density at radius 2 is 1.89 bits per heavy atom. The quantitative estimate of drug-likeness (QED) is 0.218. The normalized spacial score (nSPS) is 17.3. The molecular weight excluding hydrogens is 608 g/mol. The minimum Gasteiger partial charge on any atom is -0.395 e. The highest BCUT2D eigenvalue weighted by molar-refractivity contribution is 7.92. The summed E-state index contributed by atoms with van der Waals surface area (Å²) in [6.45, 7) is 12.1. The lowest BCUT2D eigenvalue weighted by Gasteiger charge is -2.33. The molecule has 1 saturated heterocycles. The number of pyridine rings is 1. The second-order valence-electron chi connectivity index (χ2n) is 12.4. The number of hydrogen-bond donors (Lipinski definition) is 3. The average Bonchev–Trinajstić information content (AvgIpc) is 3.80. The number of likely N-dealkylation sites (tertiary alicyclic amines) is 1. The number of benzene rings is 2. The van der Waals surface area contributed by atoms with Crippen molar-refractivity contribution in [1.29, 1.82) is 0 Å². The maximum absolute atomic E-state index is 14.6. The summed E-state index contributed by atoms with van der Waals surface area (Å²) in [6.07, 6.45) is 7.18. The number of rotatable bonds is 12. The van der Waals surface area contributed by atoms with E-state index in [9.17, 15) is 18.3 Å². The Kier molecular flexibility index (Phi) is 10.2. The number of nitrogens with one attached hydrogen (secondary N) is 2. The largest absolute Gasteiger partial charge is 0.395 e. The zero-order valence-electron chi connectivity index (χ0n) is 26.3. The van der Waals surface area contributed by atoms with E-state index in [1.165, 1.54) is 6.07 Å². The molecular formula is C35H43ClN4O4S. The third-order valence-corrected chi connectivity index (χ3v) is 11.5. The topological polar surface area (TPSA) is 112 Å². The van der Waals surface area contributed by atoms with E-state index in [0.717, 1.165) is 44.3 Å². The molecule has 1 aliphatic carbocycles. The summed E-state index contributed by atoms with van der Waals surface area (Å²) in [5.41, 5.74) is 3.36. The predicted octanol–water partition coefficient (Wildman–Crippen LogP) is 5.63. The Balaban J connectivity index is 1.68. The maximum atomic E-state index is 14.6. The number of allylic oxidation sites excluding steroid dienone is 3. The van der Waals surface area contributed by atoms with Crippen molar-refractivity contribution in [1.82, 2.24) is 20.5 Å². The van der Waals surface area contributed by atoms with E-state index in [0.29, 0.717) is 52.4 Å². The zero-order chi connectivity index (χ0) is 32.4. The number of sulfone groups is 1. The molecule has 0 unspecified atom stereocenters. The molecule has 2 heterocycles. The van der Waals surface area contributed by atoms with Crippen LogP contribution in [-0.2, 0) is 21.9 Å². The lowest BCUT2D eigenvalue weighted by atomic mass is 9.94. The highest BCUT2D eigenvalue weighted by Gasteiger charge is 2.46. The molecule has 45 heavy (non-hydrogen) atoms. The molecule has 0 bridgehead atoms. The third-order valence-electron chi connectivity index (χ3n) is 8.91. The van der Waals surface area contributed by atoms with Gasteiger partial charge < -0.3 is 15.7 Å². The minimum atomic E-state index is -3.75.